The van der Waals surface area contributed by atoms with E-state index in [1.165, 1.54) is 56.4 Å². The van der Waals surface area contributed by atoms with Gasteiger partial charge in [0, 0.05) is 23.9 Å². The minimum absolute atomic E-state index is 0.0498. The summed E-state index contributed by atoms with van der Waals surface area (Å²) in [6.07, 6.45) is 10.0. The molecule has 1 fully saturated rings. The molecule has 32 heavy (non-hydrogen) atoms. The molecule has 0 atom stereocenters. The average molecular weight is 477 g/mol. The van der Waals surface area contributed by atoms with Crippen LogP contribution in [0.3, 0.4) is 0 Å². The summed E-state index contributed by atoms with van der Waals surface area (Å²) in [4.78, 5) is 24.8. The summed E-state index contributed by atoms with van der Waals surface area (Å²) >= 11 is 6.29. The highest BCUT2D eigenvalue weighted by Crippen LogP contribution is 2.29. The van der Waals surface area contributed by atoms with Crippen molar-refractivity contribution in [3.05, 3.63) is 53.1 Å². The Morgan fingerprint density at radius 2 is 1.78 bits per heavy atom. The zero-order chi connectivity index (χ0) is 23.1. The van der Waals surface area contributed by atoms with Crippen molar-refractivity contribution in [2.45, 2.75) is 56.3 Å². The summed E-state index contributed by atoms with van der Waals surface area (Å²) in [6, 6.07) is 10.7. The Hall–Kier alpha value is -2.38. The van der Waals surface area contributed by atoms with E-state index < -0.39 is 15.7 Å². The number of hydrogen-bond donors (Lipinski definition) is 2. The first-order valence-corrected chi connectivity index (χ1v) is 13.2. The number of carbonyl (C=O) groups is 2. The van der Waals surface area contributed by atoms with Crippen LogP contribution in [0.2, 0.25) is 5.02 Å². The molecule has 0 aromatic heterocycles. The average Bonchev–Trinajstić information content (AvgIpc) is 2.76. The van der Waals surface area contributed by atoms with Crippen molar-refractivity contribution < 1.29 is 18.0 Å². The maximum absolute atomic E-state index is 12.5. The molecule has 0 radical (unpaired) electrons. The maximum Gasteiger partial charge on any atom is 0.255 e. The number of benzene rings is 2. The Morgan fingerprint density at radius 1 is 1.03 bits per heavy atom. The summed E-state index contributed by atoms with van der Waals surface area (Å²) in [6.45, 7) is 0. The minimum atomic E-state index is -3.42. The maximum atomic E-state index is 12.5. The first-order valence-electron chi connectivity index (χ1n) is 10.9. The number of rotatable bonds is 8. The molecular formula is C24H29ClN2O4S. The second-order valence-electron chi connectivity index (χ2n) is 8.39. The quantitative estimate of drug-likeness (QED) is 0.512. The van der Waals surface area contributed by atoms with Gasteiger partial charge in [-0.15, -0.1) is 0 Å². The molecule has 8 heteroatoms. The molecule has 172 valence electrons. The molecule has 1 aliphatic carbocycles. The smallest absolute Gasteiger partial charge is 0.255 e. The lowest BCUT2D eigenvalue weighted by Gasteiger charge is -2.21. The van der Waals surface area contributed by atoms with E-state index in [1.807, 2.05) is 0 Å². The highest BCUT2D eigenvalue weighted by molar-refractivity contribution is 7.90. The van der Waals surface area contributed by atoms with E-state index in [0.717, 1.165) is 25.0 Å². The Balaban J connectivity index is 1.54. The zero-order valence-electron chi connectivity index (χ0n) is 18.2. The van der Waals surface area contributed by atoms with Crippen LogP contribution in [0.4, 0.5) is 11.4 Å². The third-order valence-electron chi connectivity index (χ3n) is 5.77. The predicted molar refractivity (Wildman–Crippen MR) is 128 cm³/mol. The van der Waals surface area contributed by atoms with Gasteiger partial charge in [-0.05, 0) is 55.2 Å². The fraction of sp³-hybridized carbons (Fsp3) is 0.417. The summed E-state index contributed by atoms with van der Waals surface area (Å²) in [7, 11) is -3.42. The molecule has 2 amide bonds. The summed E-state index contributed by atoms with van der Waals surface area (Å²) < 4.78 is 23.4. The lowest BCUT2D eigenvalue weighted by Crippen LogP contribution is -2.14. The Morgan fingerprint density at radius 3 is 2.47 bits per heavy atom. The first kappa shape index (κ1) is 24.3. The van der Waals surface area contributed by atoms with Crippen molar-refractivity contribution >= 4 is 44.6 Å². The minimum Gasteiger partial charge on any atom is -0.326 e. The van der Waals surface area contributed by atoms with Gasteiger partial charge in [0.05, 0.1) is 15.6 Å². The van der Waals surface area contributed by atoms with Crippen LogP contribution in [0.15, 0.2) is 47.4 Å². The van der Waals surface area contributed by atoms with Crippen LogP contribution >= 0.6 is 11.6 Å². The van der Waals surface area contributed by atoms with Gasteiger partial charge in [-0.25, -0.2) is 8.42 Å². The third-order valence-corrected chi connectivity index (χ3v) is 7.19. The van der Waals surface area contributed by atoms with E-state index in [0.29, 0.717) is 17.8 Å². The van der Waals surface area contributed by atoms with Gasteiger partial charge in [0.2, 0.25) is 5.91 Å². The Bertz CT molecular complexity index is 1080. The van der Waals surface area contributed by atoms with Crippen LogP contribution in [-0.4, -0.2) is 26.5 Å². The van der Waals surface area contributed by atoms with Crippen molar-refractivity contribution in [1.29, 1.82) is 0 Å². The normalized spacial score (nSPS) is 14.7. The summed E-state index contributed by atoms with van der Waals surface area (Å²) in [5, 5.41) is 5.81. The third kappa shape index (κ3) is 7.07. The van der Waals surface area contributed by atoms with Gasteiger partial charge in [0.25, 0.3) is 5.91 Å². The monoisotopic (exact) mass is 476 g/mol. The molecule has 2 aromatic rings. The van der Waals surface area contributed by atoms with Gasteiger partial charge in [-0.3, -0.25) is 9.59 Å². The van der Waals surface area contributed by atoms with Crippen molar-refractivity contribution in [3.63, 3.8) is 0 Å². The number of halogens is 1. The van der Waals surface area contributed by atoms with Crippen molar-refractivity contribution in [2.24, 2.45) is 5.92 Å². The topological polar surface area (TPSA) is 92.3 Å². The molecule has 3 rings (SSSR count). The predicted octanol–water partition coefficient (Wildman–Crippen LogP) is 5.68. The largest absolute Gasteiger partial charge is 0.326 e. The van der Waals surface area contributed by atoms with Gasteiger partial charge < -0.3 is 10.6 Å². The van der Waals surface area contributed by atoms with E-state index in [9.17, 15) is 18.0 Å². The number of nitrogens with one attached hydrogen (secondary N) is 2. The number of anilines is 2. The molecule has 2 aromatic carbocycles. The van der Waals surface area contributed by atoms with E-state index in [2.05, 4.69) is 10.6 Å². The Labute approximate surface area is 194 Å². The molecule has 0 bridgehead atoms. The molecule has 0 heterocycles. The zero-order valence-corrected chi connectivity index (χ0v) is 19.8. The van der Waals surface area contributed by atoms with Crippen molar-refractivity contribution in [3.8, 4) is 0 Å². The van der Waals surface area contributed by atoms with Crippen LogP contribution in [0.25, 0.3) is 0 Å². The highest BCUT2D eigenvalue weighted by atomic mass is 35.5. The summed E-state index contributed by atoms with van der Waals surface area (Å²) in [5.41, 5.74) is 1.14. The number of hydrogen-bond acceptors (Lipinski definition) is 4. The lowest BCUT2D eigenvalue weighted by molar-refractivity contribution is -0.116. The van der Waals surface area contributed by atoms with E-state index in [4.69, 9.17) is 11.6 Å². The van der Waals surface area contributed by atoms with Crippen LogP contribution in [-0.2, 0) is 14.6 Å². The van der Waals surface area contributed by atoms with Crippen molar-refractivity contribution in [1.82, 2.24) is 0 Å². The lowest BCUT2D eigenvalue weighted by atomic mass is 9.86. The van der Waals surface area contributed by atoms with Gasteiger partial charge in [0.1, 0.15) is 0 Å². The van der Waals surface area contributed by atoms with Crippen molar-refractivity contribution in [2.75, 3.05) is 16.9 Å². The molecular weight excluding hydrogens is 448 g/mol. The molecule has 0 saturated heterocycles. The molecule has 0 spiro atoms. The van der Waals surface area contributed by atoms with Crippen LogP contribution < -0.4 is 10.6 Å². The van der Waals surface area contributed by atoms with Gasteiger partial charge in [-0.2, -0.15) is 0 Å². The number of carbonyl (C=O) groups excluding carboxylic acids is 2. The first-order chi connectivity index (χ1) is 15.2. The highest BCUT2D eigenvalue weighted by Gasteiger charge is 2.15. The van der Waals surface area contributed by atoms with Crippen LogP contribution in [0.5, 0.6) is 0 Å². The molecule has 1 aliphatic rings. The van der Waals surface area contributed by atoms with Gasteiger partial charge >= 0.3 is 0 Å². The SMILES string of the molecule is CS(=O)(=O)c1cccc(C(=O)Nc2ccc(NC(=O)CCCC3CCCCC3)cc2Cl)c1. The molecule has 6 nitrogen and oxygen atoms in total. The van der Waals surface area contributed by atoms with Crippen LogP contribution in [0, 0.1) is 5.92 Å². The van der Waals surface area contributed by atoms with E-state index >= 15 is 0 Å². The van der Waals surface area contributed by atoms with E-state index in [-0.39, 0.29) is 21.4 Å². The summed E-state index contributed by atoms with van der Waals surface area (Å²) in [5.74, 6) is 0.232. The fourth-order valence-electron chi connectivity index (χ4n) is 4.01. The Kier molecular flexibility index (Phi) is 8.32. The van der Waals surface area contributed by atoms with Gasteiger partial charge in [0.15, 0.2) is 9.84 Å². The van der Waals surface area contributed by atoms with Gasteiger partial charge in [-0.1, -0.05) is 49.8 Å². The molecule has 1 saturated carbocycles. The van der Waals surface area contributed by atoms with Crippen LogP contribution in [0.1, 0.15) is 61.7 Å². The fourth-order valence-corrected chi connectivity index (χ4v) is 4.90. The molecule has 0 aliphatic heterocycles. The molecule has 2 N–H and O–H groups in total. The standard InChI is InChI=1S/C24H29ClN2O4S/c1-32(30,31)20-11-6-10-18(15-20)24(29)27-22-14-13-19(16-21(22)25)26-23(28)12-5-9-17-7-3-2-4-8-17/h6,10-11,13-17H,2-5,7-9,12H2,1H3,(H,26,28)(H,27,29). The number of sulfone groups is 1. The second-order valence-corrected chi connectivity index (χ2v) is 10.8. The molecule has 0 unspecified atom stereocenters. The number of amides is 2. The van der Waals surface area contributed by atoms with E-state index in [1.54, 1.807) is 18.2 Å². The second kappa shape index (κ2) is 11.0.